The number of rotatable bonds is 4. The molecular weight excluding hydrogens is 188 g/mol. The number of hydrogen-bond donors (Lipinski definition) is 1. The highest BCUT2D eigenvalue weighted by Crippen LogP contribution is 2.10. The van der Waals surface area contributed by atoms with Gasteiger partial charge in [-0.15, -0.1) is 0 Å². The molecule has 1 aromatic heterocycles. The van der Waals surface area contributed by atoms with Gasteiger partial charge in [0.05, 0.1) is 0 Å². The minimum absolute atomic E-state index is 0.977. The Labute approximate surface area is 82.3 Å². The van der Waals surface area contributed by atoms with E-state index in [0.717, 1.165) is 18.7 Å². The van der Waals surface area contributed by atoms with Crippen LogP contribution >= 0.6 is 22.6 Å². The molecule has 0 aliphatic carbocycles. The van der Waals surface area contributed by atoms with E-state index in [0.29, 0.717) is 0 Å². The SMILES string of the molecule is CN(CCc1ccccn1)SS. The van der Waals surface area contributed by atoms with Crippen molar-refractivity contribution in [1.29, 1.82) is 0 Å². The Kier molecular flexibility index (Phi) is 4.50. The first kappa shape index (κ1) is 9.89. The van der Waals surface area contributed by atoms with E-state index >= 15 is 0 Å². The van der Waals surface area contributed by atoms with E-state index < -0.39 is 0 Å². The first-order chi connectivity index (χ1) is 5.83. The van der Waals surface area contributed by atoms with Gasteiger partial charge in [-0.3, -0.25) is 4.98 Å². The van der Waals surface area contributed by atoms with Crippen LogP contribution < -0.4 is 0 Å². The maximum Gasteiger partial charge on any atom is 0.0416 e. The van der Waals surface area contributed by atoms with E-state index in [1.165, 1.54) is 11.0 Å². The molecule has 0 spiro atoms. The summed E-state index contributed by atoms with van der Waals surface area (Å²) in [5.74, 6) is 0. The molecule has 0 fully saturated rings. The molecule has 0 bridgehead atoms. The van der Waals surface area contributed by atoms with Gasteiger partial charge in [0.15, 0.2) is 0 Å². The highest BCUT2D eigenvalue weighted by atomic mass is 33.1. The van der Waals surface area contributed by atoms with Crippen LogP contribution in [0.1, 0.15) is 5.69 Å². The molecule has 0 radical (unpaired) electrons. The first-order valence-corrected chi connectivity index (χ1v) is 5.58. The summed E-state index contributed by atoms with van der Waals surface area (Å²) in [4.78, 5) is 4.22. The zero-order valence-electron chi connectivity index (χ0n) is 6.97. The molecule has 0 aliphatic heterocycles. The molecule has 0 saturated carbocycles. The smallest absolute Gasteiger partial charge is 0.0416 e. The van der Waals surface area contributed by atoms with Crippen LogP contribution in [0, 0.1) is 0 Å². The lowest BCUT2D eigenvalue weighted by molar-refractivity contribution is 0.570. The molecule has 12 heavy (non-hydrogen) atoms. The third-order valence-electron chi connectivity index (χ3n) is 1.55. The summed E-state index contributed by atoms with van der Waals surface area (Å²) < 4.78 is 2.07. The van der Waals surface area contributed by atoms with E-state index in [-0.39, 0.29) is 0 Å². The van der Waals surface area contributed by atoms with Crippen LogP contribution in [0.15, 0.2) is 24.4 Å². The predicted octanol–water partition coefficient (Wildman–Crippen LogP) is 2.05. The van der Waals surface area contributed by atoms with E-state index in [4.69, 9.17) is 0 Å². The van der Waals surface area contributed by atoms with Gasteiger partial charge in [0, 0.05) is 24.9 Å². The van der Waals surface area contributed by atoms with Crippen molar-refractivity contribution in [2.24, 2.45) is 0 Å². The quantitative estimate of drug-likeness (QED) is 0.455. The number of thiol groups is 1. The second kappa shape index (κ2) is 5.45. The monoisotopic (exact) mass is 200 g/mol. The lowest BCUT2D eigenvalue weighted by Crippen LogP contribution is -2.11. The molecule has 0 atom stereocenters. The normalized spacial score (nSPS) is 10.6. The molecule has 1 heterocycles. The van der Waals surface area contributed by atoms with Gasteiger partial charge < -0.3 is 0 Å². The Morgan fingerprint density at radius 2 is 2.42 bits per heavy atom. The first-order valence-electron chi connectivity index (χ1n) is 3.75. The number of hydrogen-bond acceptors (Lipinski definition) is 4. The van der Waals surface area contributed by atoms with E-state index in [1.807, 2.05) is 31.4 Å². The summed E-state index contributed by atoms with van der Waals surface area (Å²) in [5, 5.41) is 0. The Morgan fingerprint density at radius 1 is 1.58 bits per heavy atom. The van der Waals surface area contributed by atoms with Crippen molar-refractivity contribution in [3.63, 3.8) is 0 Å². The summed E-state index contributed by atoms with van der Waals surface area (Å²) in [6.45, 7) is 0.977. The maximum absolute atomic E-state index is 4.22. The van der Waals surface area contributed by atoms with E-state index in [9.17, 15) is 0 Å². The molecule has 0 aliphatic rings. The minimum atomic E-state index is 0.977. The average Bonchev–Trinajstić information content (AvgIpc) is 2.16. The third-order valence-corrected chi connectivity index (χ3v) is 2.85. The second-order valence-electron chi connectivity index (χ2n) is 2.50. The molecule has 0 amide bonds. The zero-order valence-corrected chi connectivity index (χ0v) is 8.68. The third kappa shape index (κ3) is 3.47. The van der Waals surface area contributed by atoms with Gasteiger partial charge in [-0.25, -0.2) is 4.31 Å². The van der Waals surface area contributed by atoms with Crippen molar-refractivity contribution in [2.75, 3.05) is 13.6 Å². The molecule has 4 heteroatoms. The molecule has 0 aromatic carbocycles. The van der Waals surface area contributed by atoms with Crippen LogP contribution in [0.2, 0.25) is 0 Å². The summed E-state index contributed by atoms with van der Waals surface area (Å²) in [5.41, 5.74) is 1.13. The number of nitrogens with zero attached hydrogens (tertiary/aromatic N) is 2. The Hall–Kier alpha value is -0.190. The Balaban J connectivity index is 2.33. The summed E-state index contributed by atoms with van der Waals surface area (Å²) in [6.07, 6.45) is 2.80. The van der Waals surface area contributed by atoms with Gasteiger partial charge in [-0.1, -0.05) is 17.7 Å². The minimum Gasteiger partial charge on any atom is -0.261 e. The van der Waals surface area contributed by atoms with Gasteiger partial charge in [0.2, 0.25) is 0 Å². The molecule has 0 unspecified atom stereocenters. The predicted molar refractivity (Wildman–Crippen MR) is 57.1 cm³/mol. The summed E-state index contributed by atoms with van der Waals surface area (Å²) in [6, 6.07) is 5.98. The topological polar surface area (TPSA) is 16.1 Å². The highest BCUT2D eigenvalue weighted by Gasteiger charge is 1.97. The second-order valence-corrected chi connectivity index (χ2v) is 3.78. The van der Waals surface area contributed by atoms with Crippen LogP contribution in [0.5, 0.6) is 0 Å². The fraction of sp³-hybridized carbons (Fsp3) is 0.375. The van der Waals surface area contributed by atoms with Crippen molar-refractivity contribution in [1.82, 2.24) is 9.29 Å². The number of likely N-dealkylation sites (N-methyl/N-ethyl adjacent to an activating group) is 1. The van der Waals surface area contributed by atoms with Gasteiger partial charge in [-0.05, 0) is 30.2 Å². The zero-order chi connectivity index (χ0) is 8.81. The number of pyridine rings is 1. The van der Waals surface area contributed by atoms with E-state index in [1.54, 1.807) is 0 Å². The fourth-order valence-corrected chi connectivity index (χ4v) is 1.28. The molecule has 1 aromatic rings. The van der Waals surface area contributed by atoms with Crippen molar-refractivity contribution >= 4 is 22.6 Å². The number of aromatic nitrogens is 1. The highest BCUT2D eigenvalue weighted by molar-refractivity contribution is 8.67. The van der Waals surface area contributed by atoms with Crippen LogP contribution in [0.3, 0.4) is 0 Å². The van der Waals surface area contributed by atoms with Crippen LogP contribution in [0.4, 0.5) is 0 Å². The Morgan fingerprint density at radius 3 is 3.00 bits per heavy atom. The van der Waals surface area contributed by atoms with Crippen molar-refractivity contribution in [3.8, 4) is 0 Å². The van der Waals surface area contributed by atoms with Gasteiger partial charge >= 0.3 is 0 Å². The molecular formula is C8H12N2S2. The summed E-state index contributed by atoms with van der Waals surface area (Å²) in [7, 11) is 3.46. The molecule has 2 nitrogen and oxygen atoms in total. The summed E-state index contributed by atoms with van der Waals surface area (Å²) >= 11 is 4.08. The largest absolute Gasteiger partial charge is 0.261 e. The van der Waals surface area contributed by atoms with E-state index in [2.05, 4.69) is 20.9 Å². The Bertz CT molecular complexity index is 216. The average molecular weight is 200 g/mol. The molecule has 66 valence electrons. The van der Waals surface area contributed by atoms with Crippen LogP contribution in [-0.4, -0.2) is 22.9 Å². The standard InChI is InChI=1S/C8H12N2S2/c1-10(12-11)7-5-8-4-2-3-6-9-8/h2-4,6,11H,5,7H2,1H3. The van der Waals surface area contributed by atoms with Gasteiger partial charge in [-0.2, -0.15) is 0 Å². The molecule has 0 N–H and O–H groups in total. The lowest BCUT2D eigenvalue weighted by atomic mass is 10.3. The van der Waals surface area contributed by atoms with Crippen LogP contribution in [-0.2, 0) is 6.42 Å². The lowest BCUT2D eigenvalue weighted by Gasteiger charge is -2.10. The van der Waals surface area contributed by atoms with Crippen LogP contribution in [0.25, 0.3) is 0 Å². The molecule has 0 saturated heterocycles. The fourth-order valence-electron chi connectivity index (χ4n) is 0.859. The van der Waals surface area contributed by atoms with Gasteiger partial charge in [0.1, 0.15) is 0 Å². The van der Waals surface area contributed by atoms with Crippen molar-refractivity contribution in [2.45, 2.75) is 6.42 Å². The maximum atomic E-state index is 4.22. The van der Waals surface area contributed by atoms with Crippen molar-refractivity contribution in [3.05, 3.63) is 30.1 Å². The van der Waals surface area contributed by atoms with Gasteiger partial charge in [0.25, 0.3) is 0 Å². The van der Waals surface area contributed by atoms with Crippen molar-refractivity contribution < 1.29 is 0 Å². The molecule has 1 rings (SSSR count).